The van der Waals surface area contributed by atoms with Crippen LogP contribution in [0, 0.1) is 0 Å². The molecule has 0 fully saturated rings. The Kier molecular flexibility index (Phi) is 5.13. The molecule has 0 aliphatic heterocycles. The van der Waals surface area contributed by atoms with Crippen LogP contribution in [0.1, 0.15) is 15.9 Å². The molecule has 0 radical (unpaired) electrons. The molecule has 0 N–H and O–H groups in total. The van der Waals surface area contributed by atoms with Crippen molar-refractivity contribution in [3.8, 4) is 5.75 Å². The van der Waals surface area contributed by atoms with E-state index >= 15 is 0 Å². The number of alkyl halides is 3. The van der Waals surface area contributed by atoms with E-state index in [1.165, 1.54) is 12.1 Å². The van der Waals surface area contributed by atoms with Gasteiger partial charge in [-0.1, -0.05) is 24.3 Å². The van der Waals surface area contributed by atoms with Gasteiger partial charge in [0.15, 0.2) is 0 Å². The smallest absolute Gasteiger partial charge is 0.454 e. The minimum absolute atomic E-state index is 0.101. The van der Waals surface area contributed by atoms with Gasteiger partial charge in [-0.05, 0) is 30.5 Å². The van der Waals surface area contributed by atoms with Crippen molar-refractivity contribution in [1.82, 2.24) is 0 Å². The van der Waals surface area contributed by atoms with Gasteiger partial charge in [-0.2, -0.15) is 13.2 Å². The van der Waals surface area contributed by atoms with Crippen LogP contribution in [0.2, 0.25) is 0 Å². The highest BCUT2D eigenvalue weighted by atomic mass is 32.2. The largest absolute Gasteiger partial charge is 0.489 e. The minimum Gasteiger partial charge on any atom is -0.489 e. The van der Waals surface area contributed by atoms with Crippen molar-refractivity contribution in [2.45, 2.75) is 17.7 Å². The van der Waals surface area contributed by atoms with Crippen LogP contribution in [0.5, 0.6) is 5.75 Å². The lowest BCUT2D eigenvalue weighted by Crippen LogP contribution is -2.24. The Labute approximate surface area is 130 Å². The SMILES string of the molecule is CSc1ccc(OCc2ccccc2C(=O)C(F)(F)F)cc1. The first-order valence-electron chi connectivity index (χ1n) is 6.38. The van der Waals surface area contributed by atoms with Gasteiger partial charge in [0.1, 0.15) is 12.4 Å². The molecule has 2 nitrogen and oxygen atoms in total. The van der Waals surface area contributed by atoms with Crippen molar-refractivity contribution in [3.63, 3.8) is 0 Å². The van der Waals surface area contributed by atoms with Crippen molar-refractivity contribution in [3.05, 3.63) is 59.7 Å². The molecule has 0 aromatic heterocycles. The van der Waals surface area contributed by atoms with E-state index in [4.69, 9.17) is 4.74 Å². The number of halogens is 3. The van der Waals surface area contributed by atoms with E-state index in [9.17, 15) is 18.0 Å². The molecule has 0 spiro atoms. The number of thioether (sulfide) groups is 1. The Morgan fingerprint density at radius 3 is 2.32 bits per heavy atom. The van der Waals surface area contributed by atoms with Crippen LogP contribution in [0.25, 0.3) is 0 Å². The first kappa shape index (κ1) is 16.4. The van der Waals surface area contributed by atoms with Crippen LogP contribution in [0.3, 0.4) is 0 Å². The van der Waals surface area contributed by atoms with Gasteiger partial charge >= 0.3 is 6.18 Å². The number of hydrogen-bond donors (Lipinski definition) is 0. The van der Waals surface area contributed by atoms with Crippen LogP contribution in [0.15, 0.2) is 53.4 Å². The highest BCUT2D eigenvalue weighted by Crippen LogP contribution is 2.25. The summed E-state index contributed by atoms with van der Waals surface area (Å²) in [6, 6.07) is 12.8. The summed E-state index contributed by atoms with van der Waals surface area (Å²) in [7, 11) is 0. The van der Waals surface area contributed by atoms with E-state index in [1.54, 1.807) is 30.0 Å². The molecule has 6 heteroatoms. The number of benzene rings is 2. The lowest BCUT2D eigenvalue weighted by atomic mass is 10.0. The van der Waals surface area contributed by atoms with Crippen LogP contribution in [-0.4, -0.2) is 18.2 Å². The minimum atomic E-state index is -4.89. The molecule has 0 unspecified atom stereocenters. The summed E-state index contributed by atoms with van der Waals surface area (Å²) in [5.74, 6) is -1.32. The molecule has 0 atom stereocenters. The van der Waals surface area contributed by atoms with E-state index < -0.39 is 12.0 Å². The average Bonchev–Trinajstić information content (AvgIpc) is 2.52. The van der Waals surface area contributed by atoms with E-state index in [1.807, 2.05) is 18.4 Å². The number of Topliss-reactive ketones (excluding diaryl/α,β-unsaturated/α-hetero) is 1. The molecule has 2 aromatic carbocycles. The van der Waals surface area contributed by atoms with Crippen molar-refractivity contribution >= 4 is 17.5 Å². The fraction of sp³-hybridized carbons (Fsp3) is 0.188. The summed E-state index contributed by atoms with van der Waals surface area (Å²) in [6.07, 6.45) is -2.95. The van der Waals surface area contributed by atoms with E-state index in [2.05, 4.69) is 0 Å². The zero-order valence-electron chi connectivity index (χ0n) is 11.7. The molecule has 116 valence electrons. The second kappa shape index (κ2) is 6.87. The van der Waals surface area contributed by atoms with Gasteiger partial charge in [-0.25, -0.2) is 0 Å². The monoisotopic (exact) mass is 326 g/mol. The highest BCUT2D eigenvalue weighted by molar-refractivity contribution is 7.98. The average molecular weight is 326 g/mol. The summed E-state index contributed by atoms with van der Waals surface area (Å²) in [6.45, 7) is -0.101. The van der Waals surface area contributed by atoms with Crippen LogP contribution < -0.4 is 4.74 Å². The molecular weight excluding hydrogens is 313 g/mol. The molecule has 0 saturated carbocycles. The molecule has 0 saturated heterocycles. The maximum absolute atomic E-state index is 12.6. The number of rotatable bonds is 5. The third kappa shape index (κ3) is 4.04. The topological polar surface area (TPSA) is 26.3 Å². The molecule has 0 aliphatic rings. The lowest BCUT2D eigenvalue weighted by Gasteiger charge is -2.12. The molecule has 0 aliphatic carbocycles. The quantitative estimate of drug-likeness (QED) is 0.587. The van der Waals surface area contributed by atoms with E-state index in [0.29, 0.717) is 5.75 Å². The van der Waals surface area contributed by atoms with Crippen LogP contribution in [-0.2, 0) is 6.61 Å². The van der Waals surface area contributed by atoms with Gasteiger partial charge < -0.3 is 4.74 Å². The zero-order chi connectivity index (χ0) is 16.2. The third-order valence-corrected chi connectivity index (χ3v) is 3.72. The maximum atomic E-state index is 12.6. The number of carbonyl (C=O) groups is 1. The molecule has 22 heavy (non-hydrogen) atoms. The predicted molar refractivity (Wildman–Crippen MR) is 79.4 cm³/mol. The normalized spacial score (nSPS) is 11.3. The first-order chi connectivity index (χ1) is 10.4. The van der Waals surface area contributed by atoms with E-state index in [-0.39, 0.29) is 17.7 Å². The fourth-order valence-electron chi connectivity index (χ4n) is 1.85. The Hall–Kier alpha value is -1.95. The summed E-state index contributed by atoms with van der Waals surface area (Å²) >= 11 is 1.58. The third-order valence-electron chi connectivity index (χ3n) is 2.97. The maximum Gasteiger partial charge on any atom is 0.454 e. The van der Waals surface area contributed by atoms with Gasteiger partial charge in [0, 0.05) is 16.0 Å². The Balaban J connectivity index is 2.14. The summed E-state index contributed by atoms with van der Waals surface area (Å²) in [4.78, 5) is 12.5. The Bertz CT molecular complexity index is 651. The van der Waals surface area contributed by atoms with Crippen molar-refractivity contribution in [2.24, 2.45) is 0 Å². The van der Waals surface area contributed by atoms with Crippen LogP contribution in [0.4, 0.5) is 13.2 Å². The Morgan fingerprint density at radius 2 is 1.73 bits per heavy atom. The molecule has 2 aromatic rings. The Morgan fingerprint density at radius 1 is 1.09 bits per heavy atom. The summed E-state index contributed by atoms with van der Waals surface area (Å²) < 4.78 is 43.2. The van der Waals surface area contributed by atoms with Gasteiger partial charge in [0.2, 0.25) is 0 Å². The number of carbonyl (C=O) groups excluding carboxylic acids is 1. The lowest BCUT2D eigenvalue weighted by molar-refractivity contribution is -0.0886. The summed E-state index contributed by atoms with van der Waals surface area (Å²) in [5, 5.41) is 0. The molecule has 0 bridgehead atoms. The zero-order valence-corrected chi connectivity index (χ0v) is 12.5. The second-order valence-corrected chi connectivity index (χ2v) is 5.33. The van der Waals surface area contributed by atoms with Crippen molar-refractivity contribution < 1.29 is 22.7 Å². The van der Waals surface area contributed by atoms with E-state index in [0.717, 1.165) is 11.0 Å². The highest BCUT2D eigenvalue weighted by Gasteiger charge is 2.40. The van der Waals surface area contributed by atoms with Gasteiger partial charge in [0.25, 0.3) is 5.78 Å². The molecule has 0 amide bonds. The molecule has 2 rings (SSSR count). The summed E-state index contributed by atoms with van der Waals surface area (Å²) in [5.41, 5.74) is -0.172. The van der Waals surface area contributed by atoms with Gasteiger partial charge in [-0.3, -0.25) is 4.79 Å². The first-order valence-corrected chi connectivity index (χ1v) is 7.60. The number of hydrogen-bond acceptors (Lipinski definition) is 3. The predicted octanol–water partition coefficient (Wildman–Crippen LogP) is 4.73. The number of ketones is 1. The molecule has 0 heterocycles. The standard InChI is InChI=1S/C16H13F3O2S/c1-22-13-8-6-12(7-9-13)21-10-11-4-2-3-5-14(11)15(20)16(17,18)19/h2-9H,10H2,1H3. The second-order valence-electron chi connectivity index (χ2n) is 4.45. The fourth-order valence-corrected chi connectivity index (χ4v) is 2.26. The molecular formula is C16H13F3O2S. The van der Waals surface area contributed by atoms with Crippen molar-refractivity contribution in [1.29, 1.82) is 0 Å². The number of ether oxygens (including phenoxy) is 1. The van der Waals surface area contributed by atoms with Gasteiger partial charge in [0.05, 0.1) is 0 Å². The van der Waals surface area contributed by atoms with Gasteiger partial charge in [-0.15, -0.1) is 11.8 Å². The van der Waals surface area contributed by atoms with Crippen molar-refractivity contribution in [2.75, 3.05) is 6.26 Å². The van der Waals surface area contributed by atoms with Crippen LogP contribution >= 0.6 is 11.8 Å².